The van der Waals surface area contributed by atoms with Gasteiger partial charge in [0.2, 0.25) is 0 Å². The van der Waals surface area contributed by atoms with Gasteiger partial charge < -0.3 is 50.6 Å². The number of rotatable bonds is 15. The van der Waals surface area contributed by atoms with Gasteiger partial charge in [0.05, 0.1) is 33.9 Å². The molecule has 1 aromatic carbocycles. The number of amides is 4. The van der Waals surface area contributed by atoms with Gasteiger partial charge in [0.25, 0.3) is 23.6 Å². The van der Waals surface area contributed by atoms with Crippen molar-refractivity contribution in [2.45, 2.75) is 6.42 Å². The molecular weight excluding hydrogens is 735 g/mol. The summed E-state index contributed by atoms with van der Waals surface area (Å²) in [6, 6.07) is 10.2. The van der Waals surface area contributed by atoms with Gasteiger partial charge in [-0.25, -0.2) is 4.98 Å². The zero-order valence-corrected chi connectivity index (χ0v) is 30.9. The predicted molar refractivity (Wildman–Crippen MR) is 206 cm³/mol. The van der Waals surface area contributed by atoms with E-state index >= 15 is 0 Å². The lowest BCUT2D eigenvalue weighted by molar-refractivity contribution is 0.0944. The van der Waals surface area contributed by atoms with Gasteiger partial charge in [0.15, 0.2) is 5.82 Å². The molecule has 0 radical (unpaired) electrons. The quantitative estimate of drug-likeness (QED) is 0.0470. The van der Waals surface area contributed by atoms with Crippen molar-refractivity contribution in [2.24, 2.45) is 26.9 Å². The topological polar surface area (TPSA) is 213 Å². The molecule has 52 heavy (non-hydrogen) atoms. The van der Waals surface area contributed by atoms with Crippen LogP contribution in [0.3, 0.4) is 0 Å². The van der Waals surface area contributed by atoms with E-state index in [0.717, 1.165) is 5.69 Å². The Balaban J connectivity index is 0.00000605. The van der Waals surface area contributed by atoms with Crippen molar-refractivity contribution < 1.29 is 19.2 Å². The third-order valence-corrected chi connectivity index (χ3v) is 8.26. The number of nitrogens with zero attached hydrogens (tertiary/aromatic N) is 5. The summed E-state index contributed by atoms with van der Waals surface area (Å²) in [7, 11) is 5.00. The second-order valence-electron chi connectivity index (χ2n) is 11.7. The Morgan fingerprint density at radius 1 is 0.788 bits per heavy atom. The van der Waals surface area contributed by atoms with E-state index in [9.17, 15) is 19.2 Å². The fourth-order valence-corrected chi connectivity index (χ4v) is 5.84. The number of aromatic nitrogens is 5. The molecule has 0 aliphatic heterocycles. The molecule has 0 atom stereocenters. The first kappa shape index (κ1) is 39.3. The lowest BCUT2D eigenvalue weighted by atomic mass is 10.2. The molecule has 8 N–H and O–H groups in total. The van der Waals surface area contributed by atoms with E-state index in [1.165, 1.54) is 18.2 Å². The minimum absolute atomic E-state index is 0. The van der Waals surface area contributed by atoms with E-state index in [2.05, 4.69) is 31.2 Å². The Hall–Kier alpha value is -5.45. The Labute approximate surface area is 314 Å². The van der Waals surface area contributed by atoms with Crippen LogP contribution in [-0.2, 0) is 21.1 Å². The third kappa shape index (κ3) is 9.25. The van der Waals surface area contributed by atoms with Crippen molar-refractivity contribution in [1.29, 1.82) is 5.41 Å². The number of imidazole rings is 1. The average Bonchev–Trinajstić information content (AvgIpc) is 3.85. The summed E-state index contributed by atoms with van der Waals surface area (Å²) >= 11 is 11.9. The van der Waals surface area contributed by atoms with Crippen molar-refractivity contribution in [1.82, 2.24) is 29.0 Å². The lowest BCUT2D eigenvalue weighted by Crippen LogP contribution is -2.28. The molecule has 19 heteroatoms. The van der Waals surface area contributed by atoms with E-state index < -0.39 is 17.7 Å². The molecule has 0 fully saturated rings. The Kier molecular flexibility index (Phi) is 13.0. The van der Waals surface area contributed by atoms with E-state index in [1.807, 2.05) is 23.1 Å². The number of amidine groups is 1. The maximum atomic E-state index is 13.2. The zero-order chi connectivity index (χ0) is 36.8. The van der Waals surface area contributed by atoms with Crippen LogP contribution in [0.1, 0.15) is 48.5 Å². The zero-order valence-electron chi connectivity index (χ0n) is 28.5. The lowest BCUT2D eigenvalue weighted by Gasteiger charge is -2.22. The first-order valence-corrected chi connectivity index (χ1v) is 16.8. The summed E-state index contributed by atoms with van der Waals surface area (Å²) in [5.74, 6) is -0.827. The number of nitrogens with two attached hydrogens (primary N) is 1. The number of H-pyrrole nitrogens is 1. The molecule has 0 bridgehead atoms. The molecule has 0 aliphatic rings. The number of fused-ring (bicyclic) bond motifs is 1. The highest BCUT2D eigenvalue weighted by Gasteiger charge is 2.20. The van der Waals surface area contributed by atoms with Crippen LogP contribution in [0.25, 0.3) is 11.0 Å². The number of anilines is 4. The maximum absolute atomic E-state index is 13.2. The molecule has 16 nitrogen and oxygen atoms in total. The van der Waals surface area contributed by atoms with Crippen LogP contribution < -0.4 is 31.9 Å². The number of nitrogens with one attached hydrogen (secondary N) is 6. The number of hydrogen-bond acceptors (Lipinski definition) is 7. The van der Waals surface area contributed by atoms with Crippen molar-refractivity contribution in [3.05, 3.63) is 77.9 Å². The van der Waals surface area contributed by atoms with Gasteiger partial charge in [0.1, 0.15) is 17.1 Å². The number of carbonyl (C=O) groups excluding carboxylic acids is 4. The van der Waals surface area contributed by atoms with E-state index in [1.54, 1.807) is 53.4 Å². The fourth-order valence-electron chi connectivity index (χ4n) is 5.43. The molecule has 0 saturated carbocycles. The minimum atomic E-state index is -0.485. The molecule has 0 spiro atoms. The molecule has 4 aromatic heterocycles. The van der Waals surface area contributed by atoms with E-state index in [0.29, 0.717) is 58.6 Å². The van der Waals surface area contributed by atoms with Gasteiger partial charge in [-0.1, -0.05) is 0 Å². The predicted octanol–water partition coefficient (Wildman–Crippen LogP) is 4.10. The first-order chi connectivity index (χ1) is 24.4. The summed E-state index contributed by atoms with van der Waals surface area (Å²) in [5, 5.41) is 18.3. The van der Waals surface area contributed by atoms with Gasteiger partial charge >= 0.3 is 0 Å². The number of aromatic amines is 1. The Morgan fingerprint density at radius 2 is 1.27 bits per heavy atom. The number of aryl methyl sites for hydroxylation is 3. The number of hydrogen-bond donors (Lipinski definition) is 7. The summed E-state index contributed by atoms with van der Waals surface area (Å²) in [6.45, 7) is 1.45. The molecular formula is C33H39Cl3N12O4. The Morgan fingerprint density at radius 3 is 1.75 bits per heavy atom. The molecule has 0 aliphatic carbocycles. The smallest absolute Gasteiger partial charge is 0.291 e. The molecule has 0 saturated heterocycles. The summed E-state index contributed by atoms with van der Waals surface area (Å²) in [5.41, 5.74) is 9.49. The van der Waals surface area contributed by atoms with Crippen LogP contribution in [0.15, 0.2) is 55.0 Å². The standard InChI is InChI=1S/C33H38Cl2N12O4.ClH/c1-44-16-19(12-25(44)30(48)38-9-6-28(36)37)39-31(49)26-13-20(17-45(26)2)40-32(50)27-14-21(18-46(27)3)41-33(51)29-42-23-5-4-22(15-24(23)43-29)47(10-7-34)11-8-35;/h4-5,12-18H,6-11H2,1-3H3,(H3,36,37)(H,38,48)(H,39,49)(H,40,50)(H,41,51)(H,42,43);1H. The van der Waals surface area contributed by atoms with Crippen molar-refractivity contribution in [3.8, 4) is 0 Å². The highest BCUT2D eigenvalue weighted by atomic mass is 35.5. The molecule has 5 rings (SSSR count). The summed E-state index contributed by atoms with van der Waals surface area (Å²) in [6.07, 6.45) is 5.02. The third-order valence-electron chi connectivity index (χ3n) is 7.92. The number of alkyl halides is 2. The number of halogens is 3. The van der Waals surface area contributed by atoms with Crippen molar-refractivity contribution >= 4 is 98.9 Å². The van der Waals surface area contributed by atoms with Gasteiger partial charge in [0, 0.05) is 83.2 Å². The first-order valence-electron chi connectivity index (χ1n) is 15.8. The summed E-state index contributed by atoms with van der Waals surface area (Å²) < 4.78 is 4.70. The van der Waals surface area contributed by atoms with Gasteiger partial charge in [-0.15, -0.1) is 35.6 Å². The molecule has 276 valence electrons. The monoisotopic (exact) mass is 772 g/mol. The molecule has 0 unspecified atom stereocenters. The summed E-state index contributed by atoms with van der Waals surface area (Å²) in [4.78, 5) is 61.5. The minimum Gasteiger partial charge on any atom is -0.388 e. The van der Waals surface area contributed by atoms with Gasteiger partial charge in [-0.05, 0) is 36.4 Å². The second-order valence-corrected chi connectivity index (χ2v) is 12.5. The highest BCUT2D eigenvalue weighted by Crippen LogP contribution is 2.23. The van der Waals surface area contributed by atoms with Crippen molar-refractivity contribution in [3.63, 3.8) is 0 Å². The van der Waals surface area contributed by atoms with Gasteiger partial charge in [-0.3, -0.25) is 24.6 Å². The van der Waals surface area contributed by atoms with Gasteiger partial charge in [-0.2, -0.15) is 0 Å². The van der Waals surface area contributed by atoms with Crippen LogP contribution in [-0.4, -0.2) is 84.5 Å². The van der Waals surface area contributed by atoms with E-state index in [4.69, 9.17) is 34.3 Å². The maximum Gasteiger partial charge on any atom is 0.291 e. The number of carbonyl (C=O) groups is 4. The highest BCUT2D eigenvalue weighted by molar-refractivity contribution is 6.18. The van der Waals surface area contributed by atoms with Crippen LogP contribution in [0.4, 0.5) is 22.7 Å². The van der Waals surface area contributed by atoms with Crippen LogP contribution >= 0.6 is 35.6 Å². The van der Waals surface area contributed by atoms with Crippen LogP contribution in [0, 0.1) is 5.41 Å². The average molecular weight is 774 g/mol. The molecule has 5 aromatic rings. The molecule has 4 heterocycles. The SMILES string of the molecule is Cl.Cn1cc(NC(=O)c2cc(NC(=O)c3cc(NC(=O)c4nc5cc(N(CCCl)CCCl)ccc5[nH]4)cn3C)cn2C)cc1C(=O)NCCC(=N)N. The second kappa shape index (κ2) is 17.2. The van der Waals surface area contributed by atoms with Crippen LogP contribution in [0.2, 0.25) is 0 Å². The normalized spacial score (nSPS) is 10.8. The fraction of sp³-hybridized carbons (Fsp3) is 0.273. The molecule has 4 amide bonds. The number of benzene rings is 1. The van der Waals surface area contributed by atoms with Crippen LogP contribution in [0.5, 0.6) is 0 Å². The van der Waals surface area contributed by atoms with Crippen molar-refractivity contribution in [2.75, 3.05) is 52.2 Å². The Bertz CT molecular complexity index is 2110. The largest absolute Gasteiger partial charge is 0.388 e. The van der Waals surface area contributed by atoms with E-state index in [-0.39, 0.29) is 54.3 Å².